The first-order valence-corrected chi connectivity index (χ1v) is 7.29. The van der Waals surface area contributed by atoms with Crippen LogP contribution in [0, 0.1) is 11.7 Å². The number of rotatable bonds is 2. The number of anilines is 1. The van der Waals surface area contributed by atoms with Crippen LogP contribution in [-0.4, -0.2) is 6.21 Å². The van der Waals surface area contributed by atoms with Gasteiger partial charge in [0, 0.05) is 6.21 Å². The maximum Gasteiger partial charge on any atom is 0.123 e. The monoisotopic (exact) mass is 302 g/mol. The second-order valence-electron chi connectivity index (χ2n) is 5.55. The molecule has 0 fully saturated rings. The van der Waals surface area contributed by atoms with E-state index in [9.17, 15) is 4.39 Å². The first-order chi connectivity index (χ1) is 10.0. The molecule has 2 nitrogen and oxygen atoms in total. The summed E-state index contributed by atoms with van der Waals surface area (Å²) in [7, 11) is 0. The molecular weight excluding hydrogens is 287 g/mol. The number of nitrogens with zero attached hydrogens (tertiary/aromatic N) is 1. The molecule has 2 aromatic carbocycles. The molecule has 1 aliphatic heterocycles. The van der Waals surface area contributed by atoms with Crippen molar-refractivity contribution in [2.24, 2.45) is 10.9 Å². The predicted octanol–water partition coefficient (Wildman–Crippen LogP) is 5.16. The van der Waals surface area contributed by atoms with Gasteiger partial charge in [-0.25, -0.2) is 4.39 Å². The fourth-order valence-corrected chi connectivity index (χ4v) is 2.91. The predicted molar refractivity (Wildman–Crippen MR) is 86.1 cm³/mol. The topological polar surface area (TPSA) is 24.4 Å². The van der Waals surface area contributed by atoms with Crippen molar-refractivity contribution in [3.63, 3.8) is 0 Å². The summed E-state index contributed by atoms with van der Waals surface area (Å²) >= 11 is 6.17. The summed E-state index contributed by atoms with van der Waals surface area (Å²) in [5.41, 5.74) is 1.90. The Labute approximate surface area is 128 Å². The maximum absolute atomic E-state index is 13.6. The Morgan fingerprint density at radius 2 is 1.95 bits per heavy atom. The minimum Gasteiger partial charge on any atom is -0.369 e. The van der Waals surface area contributed by atoms with Crippen LogP contribution >= 0.6 is 11.6 Å². The summed E-state index contributed by atoms with van der Waals surface area (Å²) in [6.45, 7) is 4.17. The van der Waals surface area contributed by atoms with Gasteiger partial charge in [0.2, 0.25) is 0 Å². The highest BCUT2D eigenvalue weighted by atomic mass is 35.5. The van der Waals surface area contributed by atoms with Gasteiger partial charge in [0.1, 0.15) is 17.0 Å². The first-order valence-electron chi connectivity index (χ1n) is 6.91. The lowest BCUT2D eigenvalue weighted by Crippen LogP contribution is -2.43. The Morgan fingerprint density at radius 3 is 2.67 bits per heavy atom. The van der Waals surface area contributed by atoms with E-state index in [2.05, 4.69) is 24.2 Å². The molecule has 3 rings (SSSR count). The fourth-order valence-electron chi connectivity index (χ4n) is 2.69. The van der Waals surface area contributed by atoms with E-state index in [0.29, 0.717) is 5.02 Å². The van der Waals surface area contributed by atoms with Crippen molar-refractivity contribution in [1.29, 1.82) is 0 Å². The molecule has 1 N–H and O–H groups in total. The Hall–Kier alpha value is -1.87. The Morgan fingerprint density at radius 1 is 1.19 bits per heavy atom. The van der Waals surface area contributed by atoms with Crippen LogP contribution in [0.4, 0.5) is 15.8 Å². The standard InChI is InChI=1S/C17H16ClFN2/c1-11(2)17(12-5-3-6-13(19)9-12)10-20-16-14(18)7-4-8-15(16)21-17/h3-11,21H,1-2H3. The number of aliphatic imine (C=N–C) groups is 1. The Bertz CT molecular complexity index is 712. The van der Waals surface area contributed by atoms with Gasteiger partial charge < -0.3 is 5.32 Å². The molecule has 0 bridgehead atoms. The van der Waals surface area contributed by atoms with Gasteiger partial charge in [-0.15, -0.1) is 0 Å². The summed E-state index contributed by atoms with van der Waals surface area (Å²) in [4.78, 5) is 4.53. The quantitative estimate of drug-likeness (QED) is 0.814. The SMILES string of the molecule is CC(C)C1(c2cccc(F)c2)C=Nc2c(Cl)cccc2N1. The smallest absolute Gasteiger partial charge is 0.123 e. The van der Waals surface area contributed by atoms with Gasteiger partial charge in [-0.3, -0.25) is 4.99 Å². The van der Waals surface area contributed by atoms with Crippen LogP contribution in [0.3, 0.4) is 0 Å². The van der Waals surface area contributed by atoms with Gasteiger partial charge in [0.15, 0.2) is 0 Å². The molecule has 1 atom stereocenters. The number of benzene rings is 2. The Kier molecular flexibility index (Phi) is 3.46. The summed E-state index contributed by atoms with van der Waals surface area (Å²) in [6.07, 6.45) is 1.83. The van der Waals surface area contributed by atoms with Crippen LogP contribution < -0.4 is 5.32 Å². The van der Waals surface area contributed by atoms with Gasteiger partial charge in [-0.2, -0.15) is 0 Å². The number of para-hydroxylation sites is 1. The van der Waals surface area contributed by atoms with Crippen molar-refractivity contribution in [2.75, 3.05) is 5.32 Å². The van der Waals surface area contributed by atoms with E-state index >= 15 is 0 Å². The molecule has 21 heavy (non-hydrogen) atoms. The number of nitrogens with one attached hydrogen (secondary N) is 1. The second-order valence-corrected chi connectivity index (χ2v) is 5.96. The number of halogens is 2. The molecule has 0 spiro atoms. The minimum atomic E-state index is -0.542. The molecule has 0 saturated heterocycles. The third-order valence-electron chi connectivity index (χ3n) is 3.94. The van der Waals surface area contributed by atoms with E-state index in [1.54, 1.807) is 12.1 Å². The molecular formula is C17H16ClFN2. The van der Waals surface area contributed by atoms with Gasteiger partial charge in [-0.05, 0) is 35.7 Å². The lowest BCUT2D eigenvalue weighted by molar-refractivity contribution is 0.466. The van der Waals surface area contributed by atoms with Gasteiger partial charge >= 0.3 is 0 Å². The molecule has 108 valence electrons. The molecule has 0 aromatic heterocycles. The van der Waals surface area contributed by atoms with Crippen molar-refractivity contribution in [1.82, 2.24) is 0 Å². The zero-order valence-electron chi connectivity index (χ0n) is 11.9. The normalized spacial score (nSPS) is 20.2. The number of hydrogen-bond acceptors (Lipinski definition) is 2. The molecule has 1 aliphatic rings. The lowest BCUT2D eigenvalue weighted by Gasteiger charge is -2.39. The zero-order valence-corrected chi connectivity index (χ0v) is 12.7. The van der Waals surface area contributed by atoms with E-state index < -0.39 is 5.54 Å². The van der Waals surface area contributed by atoms with E-state index in [-0.39, 0.29) is 11.7 Å². The average molecular weight is 303 g/mol. The molecule has 1 heterocycles. The molecule has 0 radical (unpaired) electrons. The maximum atomic E-state index is 13.6. The van der Waals surface area contributed by atoms with E-state index in [1.807, 2.05) is 30.5 Å². The van der Waals surface area contributed by atoms with Gasteiger partial charge in [0.05, 0.1) is 10.7 Å². The Balaban J connectivity index is 2.15. The van der Waals surface area contributed by atoms with E-state index in [1.165, 1.54) is 6.07 Å². The van der Waals surface area contributed by atoms with Crippen LogP contribution in [-0.2, 0) is 5.54 Å². The highest BCUT2D eigenvalue weighted by Crippen LogP contribution is 2.43. The number of hydrogen-bond donors (Lipinski definition) is 1. The molecule has 4 heteroatoms. The van der Waals surface area contributed by atoms with Crippen molar-refractivity contribution in [3.05, 3.63) is 58.9 Å². The lowest BCUT2D eigenvalue weighted by atomic mass is 9.79. The largest absolute Gasteiger partial charge is 0.369 e. The zero-order chi connectivity index (χ0) is 15.0. The average Bonchev–Trinajstić information content (AvgIpc) is 2.47. The second kappa shape index (κ2) is 5.15. The number of fused-ring (bicyclic) bond motifs is 1. The molecule has 2 aromatic rings. The first kappa shape index (κ1) is 14.1. The summed E-state index contributed by atoms with van der Waals surface area (Å²) in [5, 5.41) is 4.10. The van der Waals surface area contributed by atoms with Crippen LogP contribution in [0.5, 0.6) is 0 Å². The van der Waals surface area contributed by atoms with Crippen molar-refractivity contribution >= 4 is 29.2 Å². The fraction of sp³-hybridized carbons (Fsp3) is 0.235. The van der Waals surface area contributed by atoms with Crippen molar-refractivity contribution < 1.29 is 4.39 Å². The van der Waals surface area contributed by atoms with Crippen LogP contribution in [0.1, 0.15) is 19.4 Å². The third kappa shape index (κ3) is 2.32. The summed E-state index contributed by atoms with van der Waals surface area (Å²) in [6, 6.07) is 12.3. The highest BCUT2D eigenvalue weighted by molar-refractivity contribution is 6.34. The van der Waals surface area contributed by atoms with E-state index in [4.69, 9.17) is 11.6 Å². The minimum absolute atomic E-state index is 0.190. The molecule has 0 saturated carbocycles. The van der Waals surface area contributed by atoms with Crippen LogP contribution in [0.25, 0.3) is 0 Å². The van der Waals surface area contributed by atoms with Crippen molar-refractivity contribution in [3.8, 4) is 0 Å². The molecule has 0 aliphatic carbocycles. The third-order valence-corrected chi connectivity index (χ3v) is 4.24. The molecule has 1 unspecified atom stereocenters. The van der Waals surface area contributed by atoms with Gasteiger partial charge in [0.25, 0.3) is 0 Å². The van der Waals surface area contributed by atoms with E-state index in [0.717, 1.165) is 16.9 Å². The van der Waals surface area contributed by atoms with Gasteiger partial charge in [-0.1, -0.05) is 43.6 Å². The summed E-state index contributed by atoms with van der Waals surface area (Å²) < 4.78 is 13.6. The highest BCUT2D eigenvalue weighted by Gasteiger charge is 2.37. The van der Waals surface area contributed by atoms with Crippen molar-refractivity contribution in [2.45, 2.75) is 19.4 Å². The van der Waals surface area contributed by atoms with Crippen LogP contribution in [0.15, 0.2) is 47.5 Å². The molecule has 0 amide bonds. The van der Waals surface area contributed by atoms with Crippen LogP contribution in [0.2, 0.25) is 5.02 Å². The summed E-state index contributed by atoms with van der Waals surface area (Å²) in [5.74, 6) is -0.0604.